The monoisotopic (exact) mass is 449 g/mol. The largest absolute Gasteiger partial charge is 0.495 e. The Bertz CT molecular complexity index is 1330. The number of hydrogen-bond acceptors (Lipinski definition) is 5. The lowest BCUT2D eigenvalue weighted by Gasteiger charge is -2.12. The predicted molar refractivity (Wildman–Crippen MR) is 111 cm³/mol. The van der Waals surface area contributed by atoms with E-state index in [1.807, 2.05) is 6.07 Å². The molecule has 1 aromatic heterocycles. The van der Waals surface area contributed by atoms with Crippen LogP contribution in [0, 0.1) is 11.3 Å². The van der Waals surface area contributed by atoms with Crippen LogP contribution in [0.15, 0.2) is 52.2 Å². The van der Waals surface area contributed by atoms with Crippen LogP contribution >= 0.6 is 23.2 Å². The van der Waals surface area contributed by atoms with Gasteiger partial charge in [0.15, 0.2) is 0 Å². The van der Waals surface area contributed by atoms with Crippen LogP contribution in [0.3, 0.4) is 0 Å². The van der Waals surface area contributed by atoms with E-state index >= 15 is 0 Å². The van der Waals surface area contributed by atoms with Gasteiger partial charge in [0.05, 0.1) is 17.2 Å². The van der Waals surface area contributed by atoms with E-state index in [2.05, 4.69) is 4.98 Å². The lowest BCUT2D eigenvalue weighted by Crippen LogP contribution is -2.15. The smallest absolute Gasteiger partial charge is 0.266 e. The number of methoxy groups -OCH3 is 1. The number of rotatable bonds is 4. The molecule has 0 fully saturated rings. The van der Waals surface area contributed by atoms with Crippen LogP contribution < -0.4 is 15.4 Å². The van der Waals surface area contributed by atoms with Crippen molar-refractivity contribution in [1.82, 2.24) is 4.98 Å². The van der Waals surface area contributed by atoms with Gasteiger partial charge in [0.2, 0.25) is 10.0 Å². The molecule has 29 heavy (non-hydrogen) atoms. The molecule has 0 unspecified atom stereocenters. The maximum atomic E-state index is 12.5. The van der Waals surface area contributed by atoms with Crippen molar-refractivity contribution in [2.75, 3.05) is 7.11 Å². The number of nitrogens with two attached hydrogens (primary N) is 1. The number of aromatic nitrogens is 1. The van der Waals surface area contributed by atoms with Gasteiger partial charge in [-0.25, -0.2) is 13.6 Å². The van der Waals surface area contributed by atoms with Crippen LogP contribution in [0.25, 0.3) is 22.4 Å². The second kappa shape index (κ2) is 7.89. The third kappa shape index (κ3) is 3.99. The molecular formula is C19H13Cl2N3O4S. The molecule has 7 nitrogen and oxygen atoms in total. The number of pyridine rings is 1. The minimum Gasteiger partial charge on any atom is -0.495 e. The molecule has 0 aliphatic heterocycles. The summed E-state index contributed by atoms with van der Waals surface area (Å²) in [6.07, 6.45) is 0. The first-order valence-electron chi connectivity index (χ1n) is 8.00. The summed E-state index contributed by atoms with van der Waals surface area (Å²) in [5.41, 5.74) is 0.431. The normalized spacial score (nSPS) is 11.1. The van der Waals surface area contributed by atoms with Crippen LogP contribution in [-0.2, 0) is 10.0 Å². The first kappa shape index (κ1) is 20.9. The van der Waals surface area contributed by atoms with Crippen LogP contribution in [0.1, 0.15) is 5.56 Å². The second-order valence-electron chi connectivity index (χ2n) is 5.92. The molecule has 3 rings (SSSR count). The van der Waals surface area contributed by atoms with E-state index in [0.29, 0.717) is 11.1 Å². The molecule has 0 bridgehead atoms. The number of nitrogens with zero attached hydrogens (tertiary/aromatic N) is 1. The van der Waals surface area contributed by atoms with Gasteiger partial charge in [-0.2, -0.15) is 5.26 Å². The van der Waals surface area contributed by atoms with Crippen molar-refractivity contribution < 1.29 is 13.2 Å². The second-order valence-corrected chi connectivity index (χ2v) is 8.24. The number of primary sulfonamides is 1. The highest BCUT2D eigenvalue weighted by atomic mass is 35.5. The van der Waals surface area contributed by atoms with Crippen molar-refractivity contribution in [3.63, 3.8) is 0 Å². The van der Waals surface area contributed by atoms with E-state index in [0.717, 1.165) is 0 Å². The molecule has 2 aromatic carbocycles. The average molecular weight is 450 g/mol. The van der Waals surface area contributed by atoms with Gasteiger partial charge in [0.1, 0.15) is 22.3 Å². The maximum Gasteiger partial charge on any atom is 0.266 e. The fraction of sp³-hybridized carbons (Fsp3) is 0.0526. The highest BCUT2D eigenvalue weighted by Gasteiger charge is 2.19. The van der Waals surface area contributed by atoms with Crippen molar-refractivity contribution in [1.29, 1.82) is 5.26 Å². The van der Waals surface area contributed by atoms with Crippen LogP contribution in [0.5, 0.6) is 5.75 Å². The van der Waals surface area contributed by atoms with Gasteiger partial charge in [-0.15, -0.1) is 0 Å². The maximum absolute atomic E-state index is 12.5. The number of H-pyrrole nitrogens is 1. The molecule has 0 saturated heterocycles. The Kier molecular flexibility index (Phi) is 5.68. The van der Waals surface area contributed by atoms with E-state index in [-0.39, 0.29) is 37.5 Å². The standard InChI is InChI=1S/C19H13Cl2N3O4S/c1-28-16-6-5-10(7-17(16)29(23,26)27)15-8-12(13(9-22)19(25)24-15)11-3-2-4-14(20)18(11)21/h2-8H,1H3,(H,24,25)(H2,23,26,27). The Balaban J connectivity index is 2.31. The molecule has 0 radical (unpaired) electrons. The van der Waals surface area contributed by atoms with Crippen LogP contribution in [0.2, 0.25) is 10.0 Å². The Morgan fingerprint density at radius 1 is 1.14 bits per heavy atom. The molecule has 0 atom stereocenters. The molecule has 0 saturated carbocycles. The molecule has 1 heterocycles. The minimum atomic E-state index is -4.08. The van der Waals surface area contributed by atoms with Crippen molar-refractivity contribution in [2.45, 2.75) is 4.90 Å². The summed E-state index contributed by atoms with van der Waals surface area (Å²) in [5, 5.41) is 15.1. The summed E-state index contributed by atoms with van der Waals surface area (Å²) in [6.45, 7) is 0. The molecule has 0 spiro atoms. The number of nitrogens with one attached hydrogen (secondary N) is 1. The highest BCUT2D eigenvalue weighted by Crippen LogP contribution is 2.36. The van der Waals surface area contributed by atoms with E-state index in [1.54, 1.807) is 24.3 Å². The van der Waals surface area contributed by atoms with E-state index < -0.39 is 15.6 Å². The number of ether oxygens (including phenoxy) is 1. The Morgan fingerprint density at radius 2 is 1.86 bits per heavy atom. The molecule has 3 aromatic rings. The summed E-state index contributed by atoms with van der Waals surface area (Å²) in [7, 11) is -2.77. The number of benzene rings is 2. The average Bonchev–Trinajstić information content (AvgIpc) is 2.68. The fourth-order valence-electron chi connectivity index (χ4n) is 2.82. The molecule has 0 amide bonds. The summed E-state index contributed by atoms with van der Waals surface area (Å²) in [4.78, 5) is 14.8. The summed E-state index contributed by atoms with van der Waals surface area (Å²) >= 11 is 12.3. The number of sulfonamides is 1. The van der Waals surface area contributed by atoms with Crippen LogP contribution in [0.4, 0.5) is 0 Å². The van der Waals surface area contributed by atoms with Gasteiger partial charge >= 0.3 is 0 Å². The third-order valence-corrected chi connectivity index (χ3v) is 5.92. The lowest BCUT2D eigenvalue weighted by molar-refractivity contribution is 0.403. The van der Waals surface area contributed by atoms with Crippen molar-refractivity contribution in [3.05, 3.63) is 68.4 Å². The van der Waals surface area contributed by atoms with Gasteiger partial charge < -0.3 is 9.72 Å². The van der Waals surface area contributed by atoms with Gasteiger partial charge in [-0.1, -0.05) is 35.3 Å². The highest BCUT2D eigenvalue weighted by molar-refractivity contribution is 7.89. The first-order chi connectivity index (χ1) is 13.7. The van der Waals surface area contributed by atoms with Gasteiger partial charge in [0.25, 0.3) is 5.56 Å². The summed E-state index contributed by atoms with van der Waals surface area (Å²) in [6, 6.07) is 12.5. The Morgan fingerprint density at radius 3 is 2.48 bits per heavy atom. The van der Waals surface area contributed by atoms with Gasteiger partial charge in [-0.3, -0.25) is 4.79 Å². The lowest BCUT2D eigenvalue weighted by atomic mass is 9.99. The quantitative estimate of drug-likeness (QED) is 0.629. The van der Waals surface area contributed by atoms with Crippen molar-refractivity contribution in [3.8, 4) is 34.2 Å². The zero-order valence-electron chi connectivity index (χ0n) is 14.9. The number of halogens is 2. The SMILES string of the molecule is COc1ccc(-c2cc(-c3cccc(Cl)c3Cl)c(C#N)c(=O)[nH]2)cc1S(N)(=O)=O. The summed E-state index contributed by atoms with van der Waals surface area (Å²) in [5.74, 6) is 0.0605. The summed E-state index contributed by atoms with van der Waals surface area (Å²) < 4.78 is 28.8. The number of nitriles is 1. The molecule has 148 valence electrons. The predicted octanol–water partition coefficient (Wildman–Crippen LogP) is 3.54. The van der Waals surface area contributed by atoms with Gasteiger partial charge in [-0.05, 0) is 35.9 Å². The molecule has 3 N–H and O–H groups in total. The fourth-order valence-corrected chi connectivity index (χ4v) is 3.94. The Hall–Kier alpha value is -2.83. The van der Waals surface area contributed by atoms with Gasteiger partial charge in [0, 0.05) is 16.8 Å². The van der Waals surface area contributed by atoms with E-state index in [4.69, 9.17) is 33.1 Å². The number of aromatic amines is 1. The minimum absolute atomic E-state index is 0.0605. The van der Waals surface area contributed by atoms with Crippen LogP contribution in [-0.4, -0.2) is 20.5 Å². The zero-order chi connectivity index (χ0) is 21.3. The molecule has 10 heteroatoms. The number of hydrogen-bond donors (Lipinski definition) is 2. The molecule has 0 aliphatic rings. The molecular weight excluding hydrogens is 437 g/mol. The topological polar surface area (TPSA) is 126 Å². The van der Waals surface area contributed by atoms with E-state index in [9.17, 15) is 18.5 Å². The first-order valence-corrected chi connectivity index (χ1v) is 10.3. The van der Waals surface area contributed by atoms with Crippen molar-refractivity contribution in [2.24, 2.45) is 5.14 Å². The van der Waals surface area contributed by atoms with Crippen molar-refractivity contribution >= 4 is 33.2 Å². The van der Waals surface area contributed by atoms with E-state index in [1.165, 1.54) is 25.3 Å². The Labute approximate surface area is 176 Å². The zero-order valence-corrected chi connectivity index (χ0v) is 17.2. The third-order valence-electron chi connectivity index (χ3n) is 4.17. The molecule has 0 aliphatic carbocycles.